The molecule has 0 bridgehead atoms. The van der Waals surface area contributed by atoms with Gasteiger partial charge in [-0.15, -0.1) is 5.10 Å². The monoisotopic (exact) mass is 272 g/mol. The van der Waals surface area contributed by atoms with E-state index in [-0.39, 0.29) is 5.25 Å². The fraction of sp³-hybridized carbons (Fsp3) is 0.357. The minimum absolute atomic E-state index is 0.164. The second-order valence-electron chi connectivity index (χ2n) is 4.34. The largest absolute Gasteiger partial charge is 0.262 e. The Balaban J connectivity index is 2.00. The summed E-state index contributed by atoms with van der Waals surface area (Å²) in [4.78, 5) is 4.32. The van der Waals surface area contributed by atoms with Gasteiger partial charge in [-0.25, -0.2) is 4.98 Å². The van der Waals surface area contributed by atoms with E-state index >= 15 is 0 Å². The molecule has 0 aliphatic heterocycles. The summed E-state index contributed by atoms with van der Waals surface area (Å²) in [6, 6.07) is 10.6. The molecule has 1 aromatic carbocycles. The van der Waals surface area contributed by atoms with Crippen LogP contribution in [-0.2, 0) is 12.8 Å². The average Bonchev–Trinajstić information content (AvgIpc) is 2.88. The van der Waals surface area contributed by atoms with Crippen molar-refractivity contribution in [3.8, 4) is 6.07 Å². The van der Waals surface area contributed by atoms with Gasteiger partial charge in [0.05, 0.1) is 6.07 Å². The molecule has 5 heteroatoms. The van der Waals surface area contributed by atoms with Crippen molar-refractivity contribution in [1.82, 2.24) is 15.2 Å². The van der Waals surface area contributed by atoms with E-state index in [2.05, 4.69) is 52.4 Å². The summed E-state index contributed by atoms with van der Waals surface area (Å²) in [6.45, 7) is 4.07. The first-order valence-corrected chi connectivity index (χ1v) is 7.12. The number of benzene rings is 1. The van der Waals surface area contributed by atoms with Gasteiger partial charge in [0, 0.05) is 6.42 Å². The number of aromatic amines is 1. The maximum atomic E-state index is 9.23. The predicted molar refractivity (Wildman–Crippen MR) is 75.9 cm³/mol. The fourth-order valence-electron chi connectivity index (χ4n) is 1.67. The molecule has 0 fully saturated rings. The number of aryl methyl sites for hydroxylation is 2. The van der Waals surface area contributed by atoms with Crippen molar-refractivity contribution in [2.24, 2.45) is 0 Å². The molecular formula is C14H16N4S. The zero-order valence-electron chi connectivity index (χ0n) is 11.1. The summed E-state index contributed by atoms with van der Waals surface area (Å²) in [5.74, 6) is 0.856. The third kappa shape index (κ3) is 3.83. The average molecular weight is 272 g/mol. The zero-order valence-corrected chi connectivity index (χ0v) is 11.9. The molecular weight excluding hydrogens is 256 g/mol. The molecule has 0 aliphatic rings. The Morgan fingerprint density at radius 1 is 1.37 bits per heavy atom. The molecule has 0 amide bonds. The van der Waals surface area contributed by atoms with Crippen LogP contribution in [0.25, 0.3) is 0 Å². The van der Waals surface area contributed by atoms with Crippen LogP contribution in [0.1, 0.15) is 23.9 Å². The molecule has 0 aliphatic carbocycles. The SMILES string of the molecule is CCc1nc(S[C@H](C#N)Cc2ccc(C)cc2)n[nH]1. The highest BCUT2D eigenvalue weighted by Crippen LogP contribution is 2.22. The van der Waals surface area contributed by atoms with Crippen molar-refractivity contribution < 1.29 is 0 Å². The molecule has 4 nitrogen and oxygen atoms in total. The number of hydrogen-bond donors (Lipinski definition) is 1. The van der Waals surface area contributed by atoms with Gasteiger partial charge < -0.3 is 0 Å². The Kier molecular flexibility index (Phi) is 4.58. The Labute approximate surface area is 117 Å². The maximum Gasteiger partial charge on any atom is 0.209 e. The van der Waals surface area contributed by atoms with Crippen molar-refractivity contribution in [3.63, 3.8) is 0 Å². The van der Waals surface area contributed by atoms with E-state index in [9.17, 15) is 5.26 Å². The van der Waals surface area contributed by atoms with Crippen LogP contribution < -0.4 is 0 Å². The fourth-order valence-corrected chi connectivity index (χ4v) is 2.51. The quantitative estimate of drug-likeness (QED) is 0.850. The van der Waals surface area contributed by atoms with Crippen molar-refractivity contribution in [2.75, 3.05) is 0 Å². The van der Waals surface area contributed by atoms with Crippen LogP contribution in [0.2, 0.25) is 0 Å². The van der Waals surface area contributed by atoms with Crippen LogP contribution in [0.15, 0.2) is 29.4 Å². The minimum atomic E-state index is -0.164. The number of nitrogens with one attached hydrogen (secondary N) is 1. The Morgan fingerprint density at radius 3 is 2.68 bits per heavy atom. The van der Waals surface area contributed by atoms with Gasteiger partial charge in [0.1, 0.15) is 11.1 Å². The first-order valence-electron chi connectivity index (χ1n) is 6.24. The highest BCUT2D eigenvalue weighted by atomic mass is 32.2. The first kappa shape index (κ1) is 13.6. The lowest BCUT2D eigenvalue weighted by molar-refractivity contribution is 0.938. The second-order valence-corrected chi connectivity index (χ2v) is 5.51. The normalized spacial score (nSPS) is 12.1. The molecule has 0 saturated carbocycles. The number of rotatable bonds is 5. The van der Waals surface area contributed by atoms with E-state index in [0.29, 0.717) is 11.6 Å². The molecule has 0 unspecified atom stereocenters. The number of nitriles is 1. The van der Waals surface area contributed by atoms with Crippen LogP contribution in [-0.4, -0.2) is 20.4 Å². The Hall–Kier alpha value is -1.80. The van der Waals surface area contributed by atoms with E-state index in [1.807, 2.05) is 6.92 Å². The van der Waals surface area contributed by atoms with Crippen LogP contribution in [0, 0.1) is 18.3 Å². The second kappa shape index (κ2) is 6.39. The van der Waals surface area contributed by atoms with Gasteiger partial charge in [-0.1, -0.05) is 48.5 Å². The van der Waals surface area contributed by atoms with Gasteiger partial charge in [-0.2, -0.15) is 5.26 Å². The van der Waals surface area contributed by atoms with Crippen molar-refractivity contribution in [3.05, 3.63) is 41.2 Å². The zero-order chi connectivity index (χ0) is 13.7. The highest BCUT2D eigenvalue weighted by molar-refractivity contribution is 8.00. The summed E-state index contributed by atoms with van der Waals surface area (Å²) in [5.41, 5.74) is 2.39. The number of thioether (sulfide) groups is 1. The standard InChI is InChI=1S/C14H16N4S/c1-3-13-16-14(18-17-13)19-12(9-15)8-11-6-4-10(2)5-7-11/h4-7,12H,3,8H2,1-2H3,(H,16,17,18)/t12-/m0/s1. The molecule has 1 atom stereocenters. The van der Waals surface area contributed by atoms with Crippen LogP contribution in [0.5, 0.6) is 0 Å². The number of nitrogens with zero attached hydrogens (tertiary/aromatic N) is 3. The predicted octanol–water partition coefficient (Wildman–Crippen LogP) is 2.90. The van der Waals surface area contributed by atoms with Gasteiger partial charge in [0.25, 0.3) is 0 Å². The van der Waals surface area contributed by atoms with Crippen LogP contribution in [0.4, 0.5) is 0 Å². The molecule has 2 rings (SSSR count). The summed E-state index contributed by atoms with van der Waals surface area (Å²) < 4.78 is 0. The molecule has 19 heavy (non-hydrogen) atoms. The molecule has 0 radical (unpaired) electrons. The molecule has 1 heterocycles. The summed E-state index contributed by atoms with van der Waals surface area (Å²) in [5, 5.41) is 16.7. The maximum absolute atomic E-state index is 9.23. The van der Waals surface area contributed by atoms with Crippen molar-refractivity contribution in [2.45, 2.75) is 37.1 Å². The smallest absolute Gasteiger partial charge is 0.209 e. The number of aromatic nitrogens is 3. The summed E-state index contributed by atoms with van der Waals surface area (Å²) >= 11 is 1.41. The highest BCUT2D eigenvalue weighted by Gasteiger charge is 2.13. The van der Waals surface area contributed by atoms with Crippen LogP contribution in [0.3, 0.4) is 0 Å². The van der Waals surface area contributed by atoms with Gasteiger partial charge in [0.2, 0.25) is 5.16 Å². The van der Waals surface area contributed by atoms with E-state index in [4.69, 9.17) is 0 Å². The van der Waals surface area contributed by atoms with E-state index in [1.54, 1.807) is 0 Å². The lowest BCUT2D eigenvalue weighted by Crippen LogP contribution is -2.04. The Bertz CT molecular complexity index is 568. The lowest BCUT2D eigenvalue weighted by Gasteiger charge is -2.06. The van der Waals surface area contributed by atoms with Gasteiger partial charge in [0.15, 0.2) is 0 Å². The minimum Gasteiger partial charge on any atom is -0.262 e. The molecule has 98 valence electrons. The summed E-state index contributed by atoms with van der Waals surface area (Å²) in [7, 11) is 0. The third-order valence-electron chi connectivity index (χ3n) is 2.78. The molecule has 2 aromatic rings. The van der Waals surface area contributed by atoms with Crippen LogP contribution >= 0.6 is 11.8 Å². The van der Waals surface area contributed by atoms with Gasteiger partial charge >= 0.3 is 0 Å². The van der Waals surface area contributed by atoms with Crippen molar-refractivity contribution >= 4 is 11.8 Å². The van der Waals surface area contributed by atoms with Crippen molar-refractivity contribution in [1.29, 1.82) is 5.26 Å². The van der Waals surface area contributed by atoms with Gasteiger partial charge in [-0.05, 0) is 18.9 Å². The topological polar surface area (TPSA) is 65.4 Å². The lowest BCUT2D eigenvalue weighted by atomic mass is 10.1. The molecule has 1 aromatic heterocycles. The summed E-state index contributed by atoms with van der Waals surface area (Å²) in [6.07, 6.45) is 1.53. The van der Waals surface area contributed by atoms with E-state index in [1.165, 1.54) is 17.3 Å². The molecule has 0 saturated heterocycles. The van der Waals surface area contributed by atoms with E-state index in [0.717, 1.165) is 17.8 Å². The third-order valence-corrected chi connectivity index (χ3v) is 3.73. The number of hydrogen-bond acceptors (Lipinski definition) is 4. The van der Waals surface area contributed by atoms with Gasteiger partial charge in [-0.3, -0.25) is 5.10 Å². The molecule has 0 spiro atoms. The molecule has 1 N–H and O–H groups in total. The van der Waals surface area contributed by atoms with E-state index < -0.39 is 0 Å². The number of H-pyrrole nitrogens is 1. The Morgan fingerprint density at radius 2 is 2.11 bits per heavy atom. The first-order chi connectivity index (χ1) is 9.21.